The van der Waals surface area contributed by atoms with Crippen LogP contribution in [0, 0.1) is 0 Å². The van der Waals surface area contributed by atoms with Gasteiger partial charge in [0, 0.05) is 0 Å². The molecule has 212 valence electrons. The van der Waals surface area contributed by atoms with Crippen molar-refractivity contribution in [2.45, 2.75) is 159 Å². The molecule has 0 aliphatic carbocycles. The number of halogens is 2. The van der Waals surface area contributed by atoms with Crippen LogP contribution in [0.25, 0.3) is 0 Å². The van der Waals surface area contributed by atoms with Crippen molar-refractivity contribution < 1.29 is 0 Å². The molecule has 36 heavy (non-hydrogen) atoms. The molecule has 0 aliphatic rings. The van der Waals surface area contributed by atoms with E-state index in [0.717, 1.165) is 24.9 Å². The van der Waals surface area contributed by atoms with Crippen LogP contribution in [-0.4, -0.2) is 16.4 Å². The minimum atomic E-state index is -1.79. The Morgan fingerprint density at radius 1 is 0.528 bits per heavy atom. The maximum atomic E-state index is 7.12. The third-order valence-electron chi connectivity index (χ3n) is 8.61. The van der Waals surface area contributed by atoms with Crippen molar-refractivity contribution in [3.63, 3.8) is 0 Å². The summed E-state index contributed by atoms with van der Waals surface area (Å²) < 4.78 is -0.513. The molecule has 3 heteroatoms. The van der Waals surface area contributed by atoms with Crippen LogP contribution in [0.2, 0.25) is 0 Å². The van der Waals surface area contributed by atoms with Gasteiger partial charge in [0.05, 0.1) is 0 Å². The van der Waals surface area contributed by atoms with Crippen molar-refractivity contribution in [3.05, 3.63) is 35.9 Å². The summed E-state index contributed by atoms with van der Waals surface area (Å²) in [6, 6.07) is 10.9. The van der Waals surface area contributed by atoms with Crippen molar-refractivity contribution in [2.75, 3.05) is 12.3 Å². The van der Waals surface area contributed by atoms with Gasteiger partial charge in [-0.2, -0.15) is 0 Å². The Balaban J connectivity index is 2.01. The van der Waals surface area contributed by atoms with Crippen LogP contribution in [0.1, 0.15) is 155 Å². The summed E-state index contributed by atoms with van der Waals surface area (Å²) in [5.74, 6) is 0. The molecule has 1 aromatic carbocycles. The molecule has 0 atom stereocenters. The third-order valence-corrected chi connectivity index (χ3v) is 17.0. The van der Waals surface area contributed by atoms with Crippen molar-refractivity contribution in [1.82, 2.24) is 0 Å². The Hall–Kier alpha value is 0.230. The molecule has 0 spiro atoms. The van der Waals surface area contributed by atoms with E-state index in [1.165, 1.54) is 128 Å². The van der Waals surface area contributed by atoms with E-state index in [-0.39, 0.29) is 0 Å². The van der Waals surface area contributed by atoms with E-state index < -0.39 is 11.3 Å². The molecular formula is C33H61Cl2P. The van der Waals surface area contributed by atoms with Gasteiger partial charge >= 0.3 is 173 Å². The van der Waals surface area contributed by atoms with Gasteiger partial charge in [-0.05, 0) is 0 Å². The van der Waals surface area contributed by atoms with E-state index in [1.54, 1.807) is 0 Å². The Labute approximate surface area is 237 Å². The second-order valence-corrected chi connectivity index (χ2v) is 18.8. The molecular weight excluding hydrogens is 498 g/mol. The van der Waals surface area contributed by atoms with E-state index in [4.69, 9.17) is 23.2 Å². The van der Waals surface area contributed by atoms with E-state index >= 15 is 0 Å². The SMILES string of the molecule is CCCCCCCCCCCCCCCCCCCCCC(Cl)(Cl)[PH](CC)(CC)Cc1ccccc1. The average Bonchev–Trinajstić information content (AvgIpc) is 2.89. The predicted molar refractivity (Wildman–Crippen MR) is 172 cm³/mol. The van der Waals surface area contributed by atoms with Crippen LogP contribution in [0.15, 0.2) is 30.3 Å². The van der Waals surface area contributed by atoms with Crippen LogP contribution in [0.4, 0.5) is 0 Å². The molecule has 0 heterocycles. The Kier molecular flexibility index (Phi) is 21.0. The molecule has 0 fully saturated rings. The molecule has 1 rings (SSSR count). The summed E-state index contributed by atoms with van der Waals surface area (Å²) in [5, 5.41) is 0. The number of hydrogen-bond acceptors (Lipinski definition) is 0. The minimum absolute atomic E-state index is 0.513. The van der Waals surface area contributed by atoms with E-state index in [0.29, 0.717) is 0 Å². The fourth-order valence-corrected chi connectivity index (χ4v) is 12.1. The molecule has 0 saturated heterocycles. The van der Waals surface area contributed by atoms with Gasteiger partial charge < -0.3 is 0 Å². The molecule has 0 radical (unpaired) electrons. The molecule has 0 aliphatic heterocycles. The molecule has 0 bridgehead atoms. The zero-order valence-corrected chi connectivity index (χ0v) is 26.9. The number of benzene rings is 1. The van der Waals surface area contributed by atoms with Gasteiger partial charge in [-0.3, -0.25) is 0 Å². The number of rotatable bonds is 25. The van der Waals surface area contributed by atoms with Crippen LogP contribution >= 0.6 is 30.5 Å². The van der Waals surface area contributed by atoms with Gasteiger partial charge in [-0.25, -0.2) is 0 Å². The molecule has 0 amide bonds. The van der Waals surface area contributed by atoms with Gasteiger partial charge in [-0.1, -0.05) is 64.7 Å². The monoisotopic (exact) mass is 558 g/mol. The van der Waals surface area contributed by atoms with Crippen molar-refractivity contribution in [2.24, 2.45) is 0 Å². The zero-order valence-electron chi connectivity index (χ0n) is 24.4. The van der Waals surface area contributed by atoms with Gasteiger partial charge in [0.25, 0.3) is 0 Å². The first-order valence-corrected chi connectivity index (χ1v) is 19.3. The quantitative estimate of drug-likeness (QED) is 0.0635. The van der Waals surface area contributed by atoms with Crippen LogP contribution in [0.5, 0.6) is 0 Å². The van der Waals surface area contributed by atoms with Crippen molar-refractivity contribution >= 4 is 30.5 Å². The molecule has 0 N–H and O–H groups in total. The first-order chi connectivity index (χ1) is 17.5. The Morgan fingerprint density at radius 2 is 0.889 bits per heavy atom. The van der Waals surface area contributed by atoms with Gasteiger partial charge in [-0.15, -0.1) is 0 Å². The second-order valence-electron chi connectivity index (χ2n) is 11.5. The zero-order chi connectivity index (χ0) is 26.4. The standard InChI is InChI=1S/C33H61Cl2P/c1-4-7-8-9-10-11-12-13-14-15-16-17-18-19-20-21-22-23-27-30-33(34,35)36(5-2,6-3)31-32-28-25-24-26-29-32/h24-26,28-29,36H,4-23,27,30-31H2,1-3H3. The van der Waals surface area contributed by atoms with Gasteiger partial charge in [0.15, 0.2) is 0 Å². The molecule has 1 aromatic rings. The predicted octanol–water partition coefficient (Wildman–Crippen LogP) is 12.9. The van der Waals surface area contributed by atoms with E-state index in [1.807, 2.05) is 0 Å². The Morgan fingerprint density at radius 3 is 1.25 bits per heavy atom. The molecule has 0 nitrogen and oxygen atoms in total. The number of alkyl halides is 2. The van der Waals surface area contributed by atoms with Gasteiger partial charge in [0.2, 0.25) is 0 Å². The fraction of sp³-hybridized carbons (Fsp3) is 0.818. The molecule has 0 unspecified atom stereocenters. The summed E-state index contributed by atoms with van der Waals surface area (Å²) in [5.41, 5.74) is 1.41. The summed E-state index contributed by atoms with van der Waals surface area (Å²) in [4.78, 5) is 0. The number of unbranched alkanes of at least 4 members (excludes halogenated alkanes) is 18. The van der Waals surface area contributed by atoms with Crippen LogP contribution in [-0.2, 0) is 6.16 Å². The maximum absolute atomic E-state index is 7.12. The first kappa shape index (κ1) is 34.3. The second kappa shape index (κ2) is 22.1. The molecule has 0 saturated carbocycles. The topological polar surface area (TPSA) is 0 Å². The molecule has 0 aromatic heterocycles. The number of hydrogen-bond donors (Lipinski definition) is 0. The summed E-state index contributed by atoms with van der Waals surface area (Å²) in [6.45, 7) is 6.93. The van der Waals surface area contributed by atoms with Crippen LogP contribution in [0.3, 0.4) is 0 Å². The van der Waals surface area contributed by atoms with Crippen molar-refractivity contribution in [3.8, 4) is 0 Å². The fourth-order valence-electron chi connectivity index (χ4n) is 5.82. The Bertz CT molecular complexity index is 597. The van der Waals surface area contributed by atoms with E-state index in [2.05, 4.69) is 51.1 Å². The summed E-state index contributed by atoms with van der Waals surface area (Å²) in [7, 11) is -1.79. The summed E-state index contributed by atoms with van der Waals surface area (Å²) in [6.07, 6.45) is 31.2. The van der Waals surface area contributed by atoms with Crippen LogP contribution < -0.4 is 0 Å². The van der Waals surface area contributed by atoms with E-state index in [9.17, 15) is 0 Å². The first-order valence-electron chi connectivity index (χ1n) is 15.9. The van der Waals surface area contributed by atoms with Gasteiger partial charge in [0.1, 0.15) is 0 Å². The normalized spacial score (nSPS) is 12.8. The third kappa shape index (κ3) is 15.0. The van der Waals surface area contributed by atoms with Crippen molar-refractivity contribution in [1.29, 1.82) is 0 Å². The summed E-state index contributed by atoms with van der Waals surface area (Å²) >= 11 is 14.2. The average molecular weight is 560 g/mol.